The number of hydrogen-bond donors (Lipinski definition) is 0. The largest absolute Gasteiger partial charge is 0.527 e. The van der Waals surface area contributed by atoms with Crippen LogP contribution in [0.1, 0.15) is 6.92 Å². The van der Waals surface area contributed by atoms with E-state index >= 15 is 0 Å². The molecule has 0 saturated carbocycles. The van der Waals surface area contributed by atoms with Gasteiger partial charge in [0.2, 0.25) is 0 Å². The summed E-state index contributed by atoms with van der Waals surface area (Å²) in [5.41, 5.74) is 0. The lowest BCUT2D eigenvalue weighted by molar-refractivity contribution is -0.527. The highest BCUT2D eigenvalue weighted by atomic mass is 19.4. The van der Waals surface area contributed by atoms with Crippen LogP contribution in [0.3, 0.4) is 0 Å². The molecule has 0 radical (unpaired) electrons. The number of alkyl halides is 9. The third-order valence-corrected chi connectivity index (χ3v) is 0.890. The first-order valence-electron chi connectivity index (χ1n) is 3.27. The van der Waals surface area contributed by atoms with Crippen molar-refractivity contribution < 1.29 is 49.0 Å². The molecular weight excluding hydrogens is 263 g/mol. The van der Waals surface area contributed by atoms with E-state index in [2.05, 4.69) is 4.74 Å². The Hall–Kier alpha value is -0.710. The van der Waals surface area contributed by atoms with Crippen molar-refractivity contribution in [3.63, 3.8) is 0 Å². The topological polar surface area (TPSA) is 18.5 Å². The van der Waals surface area contributed by atoms with Gasteiger partial charge in [-0.05, 0) is 0 Å². The third-order valence-electron chi connectivity index (χ3n) is 0.890. The summed E-state index contributed by atoms with van der Waals surface area (Å²) in [6, 6.07) is 0. The van der Waals surface area contributed by atoms with Gasteiger partial charge in [-0.2, -0.15) is 26.3 Å². The Kier molecular flexibility index (Phi) is 3.77. The Morgan fingerprint density at radius 2 is 0.938 bits per heavy atom. The monoisotopic (exact) mass is 266 g/mol. The van der Waals surface area contributed by atoms with E-state index in [0.29, 0.717) is 0 Å². The molecule has 2 nitrogen and oxygen atoms in total. The molecule has 0 bridgehead atoms. The fourth-order valence-electron chi connectivity index (χ4n) is 0.489. The second-order valence-electron chi connectivity index (χ2n) is 2.49. The molecule has 16 heavy (non-hydrogen) atoms. The minimum absolute atomic E-state index is 0.357. The molecule has 0 aromatic carbocycles. The molecule has 0 rings (SSSR count). The van der Waals surface area contributed by atoms with Gasteiger partial charge in [-0.25, -0.2) is 9.47 Å². The zero-order chi connectivity index (χ0) is 13.4. The summed E-state index contributed by atoms with van der Waals surface area (Å²) in [7, 11) is 0. The summed E-state index contributed by atoms with van der Waals surface area (Å²) < 4.78 is 110. The highest BCUT2D eigenvalue weighted by Crippen LogP contribution is 2.43. The van der Waals surface area contributed by atoms with Crippen LogP contribution in [0.15, 0.2) is 0 Å². The van der Waals surface area contributed by atoms with Crippen LogP contribution >= 0.6 is 0 Å². The van der Waals surface area contributed by atoms with Gasteiger partial charge in [0.15, 0.2) is 0 Å². The van der Waals surface area contributed by atoms with Crippen LogP contribution in [0.2, 0.25) is 0 Å². The van der Waals surface area contributed by atoms with E-state index in [1.807, 2.05) is 0 Å². The molecule has 0 N–H and O–H groups in total. The zero-order valence-corrected chi connectivity index (χ0v) is 7.22. The second kappa shape index (κ2) is 3.95. The molecule has 11 heteroatoms. The molecule has 0 spiro atoms. The number of halogens is 9. The van der Waals surface area contributed by atoms with Crippen molar-refractivity contribution in [1.29, 1.82) is 0 Å². The lowest BCUT2D eigenvalue weighted by atomic mass is 10.5. The van der Waals surface area contributed by atoms with Crippen LogP contribution in [-0.2, 0) is 9.47 Å². The van der Waals surface area contributed by atoms with Crippen LogP contribution in [0, 0.1) is 0 Å². The quantitative estimate of drug-likeness (QED) is 0.726. The van der Waals surface area contributed by atoms with Crippen molar-refractivity contribution in [1.82, 2.24) is 0 Å². The minimum Gasteiger partial charge on any atom is -0.248 e. The predicted octanol–water partition coefficient (Wildman–Crippen LogP) is 3.34. The van der Waals surface area contributed by atoms with Gasteiger partial charge in [0, 0.05) is 6.92 Å². The molecule has 0 aromatic heterocycles. The van der Waals surface area contributed by atoms with Gasteiger partial charge in [-0.15, -0.1) is 13.2 Å². The molecule has 0 saturated heterocycles. The van der Waals surface area contributed by atoms with Gasteiger partial charge in [0.05, 0.1) is 0 Å². The fraction of sp³-hybridized carbons (Fsp3) is 1.00. The van der Waals surface area contributed by atoms with Gasteiger partial charge >= 0.3 is 24.7 Å². The van der Waals surface area contributed by atoms with E-state index in [-0.39, 0.29) is 6.92 Å². The molecule has 0 aliphatic carbocycles. The second-order valence-corrected chi connectivity index (χ2v) is 2.49. The molecule has 0 unspecified atom stereocenters. The van der Waals surface area contributed by atoms with Crippen LogP contribution in [0.5, 0.6) is 0 Å². The maximum atomic E-state index is 12.2. The first kappa shape index (κ1) is 15.3. The normalized spacial score (nSPS) is 15.4. The molecular formula is C5H3F9O2. The predicted molar refractivity (Wildman–Crippen MR) is 28.7 cm³/mol. The number of hydrogen-bond acceptors (Lipinski definition) is 2. The number of rotatable bonds is 4. The summed E-state index contributed by atoms with van der Waals surface area (Å²) >= 11 is 0. The first-order chi connectivity index (χ1) is 6.66. The van der Waals surface area contributed by atoms with Crippen LogP contribution in [-0.4, -0.2) is 24.7 Å². The average Bonchev–Trinajstić information content (AvgIpc) is 1.72. The SMILES string of the molecule is CC(F)(F)OC(F)(F)C(F)(F)OC(F)(F)F. The van der Waals surface area contributed by atoms with Crippen LogP contribution in [0.25, 0.3) is 0 Å². The van der Waals surface area contributed by atoms with Gasteiger partial charge < -0.3 is 0 Å². The summed E-state index contributed by atoms with van der Waals surface area (Å²) in [5, 5.41) is 0. The Balaban J connectivity index is 4.85. The van der Waals surface area contributed by atoms with Gasteiger partial charge in [-0.1, -0.05) is 0 Å². The van der Waals surface area contributed by atoms with Crippen molar-refractivity contribution in [2.45, 2.75) is 31.6 Å². The summed E-state index contributed by atoms with van der Waals surface area (Å²) in [5.74, 6) is 0. The van der Waals surface area contributed by atoms with E-state index in [9.17, 15) is 39.5 Å². The van der Waals surface area contributed by atoms with Gasteiger partial charge in [0.25, 0.3) is 0 Å². The van der Waals surface area contributed by atoms with E-state index in [1.54, 1.807) is 4.74 Å². The standard InChI is InChI=1S/C5H3F9O2/c1-2(6,7)15-3(8,9)4(10,11)16-5(12,13)14/h1H3. The molecule has 0 aliphatic rings. The smallest absolute Gasteiger partial charge is 0.248 e. The molecule has 0 aromatic rings. The van der Waals surface area contributed by atoms with Crippen molar-refractivity contribution in [2.75, 3.05) is 0 Å². The third kappa shape index (κ3) is 4.88. The Morgan fingerprint density at radius 1 is 0.625 bits per heavy atom. The molecule has 0 atom stereocenters. The van der Waals surface area contributed by atoms with E-state index < -0.39 is 24.7 Å². The van der Waals surface area contributed by atoms with E-state index in [1.165, 1.54) is 0 Å². The Labute approximate surface area is 81.9 Å². The summed E-state index contributed by atoms with van der Waals surface area (Å²) in [6.07, 6.45) is -23.3. The highest BCUT2D eigenvalue weighted by molar-refractivity contribution is 4.68. The maximum absolute atomic E-state index is 12.2. The van der Waals surface area contributed by atoms with Crippen molar-refractivity contribution in [3.05, 3.63) is 0 Å². The summed E-state index contributed by atoms with van der Waals surface area (Å²) in [6.45, 7) is -0.357. The summed E-state index contributed by atoms with van der Waals surface area (Å²) in [4.78, 5) is 0. The molecule has 0 heterocycles. The molecule has 0 amide bonds. The van der Waals surface area contributed by atoms with E-state index in [4.69, 9.17) is 0 Å². The zero-order valence-electron chi connectivity index (χ0n) is 7.22. The fourth-order valence-corrected chi connectivity index (χ4v) is 0.489. The lowest BCUT2D eigenvalue weighted by Crippen LogP contribution is -2.50. The highest BCUT2D eigenvalue weighted by Gasteiger charge is 2.67. The Bertz CT molecular complexity index is 213. The molecule has 0 fully saturated rings. The maximum Gasteiger partial charge on any atom is 0.527 e. The lowest BCUT2D eigenvalue weighted by Gasteiger charge is -2.27. The van der Waals surface area contributed by atoms with Gasteiger partial charge in [-0.3, -0.25) is 0 Å². The van der Waals surface area contributed by atoms with E-state index in [0.717, 1.165) is 0 Å². The van der Waals surface area contributed by atoms with Crippen LogP contribution < -0.4 is 0 Å². The van der Waals surface area contributed by atoms with Crippen molar-refractivity contribution >= 4 is 0 Å². The Morgan fingerprint density at radius 3 is 1.19 bits per heavy atom. The van der Waals surface area contributed by atoms with Crippen LogP contribution in [0.4, 0.5) is 39.5 Å². The van der Waals surface area contributed by atoms with Crippen molar-refractivity contribution in [3.8, 4) is 0 Å². The molecule has 98 valence electrons. The molecule has 0 aliphatic heterocycles. The average molecular weight is 266 g/mol. The number of ether oxygens (including phenoxy) is 2. The first-order valence-corrected chi connectivity index (χ1v) is 3.27. The minimum atomic E-state index is -6.27. The van der Waals surface area contributed by atoms with Crippen molar-refractivity contribution in [2.24, 2.45) is 0 Å². The van der Waals surface area contributed by atoms with Gasteiger partial charge in [0.1, 0.15) is 0 Å².